The van der Waals surface area contributed by atoms with Crippen molar-refractivity contribution in [1.82, 2.24) is 0 Å². The van der Waals surface area contributed by atoms with Crippen LogP contribution in [0.3, 0.4) is 0 Å². The van der Waals surface area contributed by atoms with Crippen molar-refractivity contribution < 1.29 is 23.9 Å². The predicted molar refractivity (Wildman–Crippen MR) is 131 cm³/mol. The van der Waals surface area contributed by atoms with Crippen molar-refractivity contribution in [2.75, 3.05) is 30.0 Å². The van der Waals surface area contributed by atoms with E-state index in [4.69, 9.17) is 9.47 Å². The van der Waals surface area contributed by atoms with Crippen LogP contribution >= 0.6 is 11.8 Å². The maximum absolute atomic E-state index is 13.5. The molecule has 2 amide bonds. The largest absolute Gasteiger partial charge is 0.494 e. The van der Waals surface area contributed by atoms with Gasteiger partial charge >= 0.3 is 5.97 Å². The van der Waals surface area contributed by atoms with Crippen molar-refractivity contribution in [2.24, 2.45) is 0 Å². The molecule has 1 aliphatic heterocycles. The van der Waals surface area contributed by atoms with Crippen LogP contribution in [-0.2, 0) is 9.53 Å². The lowest BCUT2D eigenvalue weighted by atomic mass is 10.1. The molecule has 1 aliphatic rings. The first-order valence-corrected chi connectivity index (χ1v) is 11.7. The molecular weight excluding hydrogens is 452 g/mol. The van der Waals surface area contributed by atoms with Crippen molar-refractivity contribution in [3.8, 4) is 5.75 Å². The lowest BCUT2D eigenvalue weighted by Crippen LogP contribution is -2.38. The Hall–Kier alpha value is -3.78. The lowest BCUT2D eigenvalue weighted by molar-refractivity contribution is -0.114. The van der Waals surface area contributed by atoms with E-state index in [0.29, 0.717) is 34.9 Å². The van der Waals surface area contributed by atoms with E-state index in [-0.39, 0.29) is 25.0 Å². The fourth-order valence-corrected chi connectivity index (χ4v) is 4.62. The quantitative estimate of drug-likeness (QED) is 0.483. The van der Waals surface area contributed by atoms with Gasteiger partial charge in [-0.1, -0.05) is 23.9 Å². The second kappa shape index (κ2) is 10.4. The molecule has 0 fully saturated rings. The summed E-state index contributed by atoms with van der Waals surface area (Å²) in [6.45, 7) is 4.20. The van der Waals surface area contributed by atoms with Gasteiger partial charge in [-0.2, -0.15) is 0 Å². The van der Waals surface area contributed by atoms with Crippen molar-refractivity contribution >= 4 is 40.9 Å². The first-order chi connectivity index (χ1) is 16.5. The summed E-state index contributed by atoms with van der Waals surface area (Å²) in [6, 6.07) is 19.3. The van der Waals surface area contributed by atoms with Gasteiger partial charge < -0.3 is 14.8 Å². The van der Waals surface area contributed by atoms with Crippen LogP contribution in [-0.4, -0.2) is 37.5 Å². The molecule has 0 saturated heterocycles. The van der Waals surface area contributed by atoms with E-state index in [1.165, 1.54) is 16.7 Å². The van der Waals surface area contributed by atoms with Crippen LogP contribution in [0.5, 0.6) is 5.75 Å². The third-order valence-corrected chi connectivity index (χ3v) is 6.24. The van der Waals surface area contributed by atoms with Gasteiger partial charge in [0.15, 0.2) is 0 Å². The summed E-state index contributed by atoms with van der Waals surface area (Å²) >= 11 is 1.42. The van der Waals surface area contributed by atoms with Crippen LogP contribution < -0.4 is 15.0 Å². The Bertz CT molecular complexity index is 1230. The van der Waals surface area contributed by atoms with Gasteiger partial charge in [-0.25, -0.2) is 4.79 Å². The Kier molecular flexibility index (Phi) is 7.18. The maximum Gasteiger partial charge on any atom is 0.338 e. The zero-order valence-electron chi connectivity index (χ0n) is 18.9. The van der Waals surface area contributed by atoms with Crippen molar-refractivity contribution in [1.29, 1.82) is 0 Å². The van der Waals surface area contributed by atoms with Gasteiger partial charge in [-0.15, -0.1) is 0 Å². The standard InChI is InChI=1S/C26H24N2O5S/c1-3-32-19-12-10-18(11-13-19)27-24(29)16-28-21-15-17(26(31)33-4-2)9-14-23(21)34-22-8-6-5-7-20(22)25(28)30/h5-15H,3-4,16H2,1-2H3,(H,27,29). The van der Waals surface area contributed by atoms with Crippen LogP contribution in [0.25, 0.3) is 0 Å². The maximum atomic E-state index is 13.5. The number of carbonyl (C=O) groups is 3. The van der Waals surface area contributed by atoms with Gasteiger partial charge in [0.2, 0.25) is 5.91 Å². The second-order valence-electron chi connectivity index (χ2n) is 7.40. The van der Waals surface area contributed by atoms with Crippen molar-refractivity contribution in [3.63, 3.8) is 0 Å². The molecule has 0 saturated carbocycles. The van der Waals surface area contributed by atoms with Gasteiger partial charge in [0.1, 0.15) is 12.3 Å². The average molecular weight is 477 g/mol. The van der Waals surface area contributed by atoms with Gasteiger partial charge in [-0.05, 0) is 68.4 Å². The molecule has 0 unspecified atom stereocenters. The van der Waals surface area contributed by atoms with Gasteiger partial charge in [0.25, 0.3) is 5.91 Å². The Morgan fingerprint density at radius 2 is 1.71 bits per heavy atom. The van der Waals surface area contributed by atoms with Crippen LogP contribution in [0.15, 0.2) is 76.5 Å². The molecule has 0 aliphatic carbocycles. The number of carbonyl (C=O) groups excluding carboxylic acids is 3. The Labute approximate surface area is 202 Å². The topological polar surface area (TPSA) is 84.9 Å². The summed E-state index contributed by atoms with van der Waals surface area (Å²) in [7, 11) is 0. The van der Waals surface area contributed by atoms with E-state index in [1.54, 1.807) is 61.5 Å². The minimum Gasteiger partial charge on any atom is -0.494 e. The molecule has 0 bridgehead atoms. The SMILES string of the molecule is CCOC(=O)c1ccc2c(c1)N(CC(=O)Nc1ccc(OCC)cc1)C(=O)c1ccccc1S2. The highest BCUT2D eigenvalue weighted by Gasteiger charge is 2.29. The molecule has 0 spiro atoms. The highest BCUT2D eigenvalue weighted by atomic mass is 32.2. The zero-order chi connectivity index (χ0) is 24.1. The monoisotopic (exact) mass is 476 g/mol. The fraction of sp³-hybridized carbons (Fsp3) is 0.192. The minimum absolute atomic E-state index is 0.222. The molecular formula is C26H24N2O5S. The zero-order valence-corrected chi connectivity index (χ0v) is 19.7. The van der Waals surface area contributed by atoms with Crippen molar-refractivity contribution in [2.45, 2.75) is 23.6 Å². The number of nitrogens with one attached hydrogen (secondary N) is 1. The number of nitrogens with zero attached hydrogens (tertiary/aromatic N) is 1. The number of benzene rings is 3. The third kappa shape index (κ3) is 5.07. The summed E-state index contributed by atoms with van der Waals surface area (Å²) in [5, 5.41) is 2.83. The number of anilines is 2. The van der Waals surface area contributed by atoms with E-state index in [0.717, 1.165) is 9.79 Å². The number of hydrogen-bond acceptors (Lipinski definition) is 6. The van der Waals surface area contributed by atoms with E-state index in [2.05, 4.69) is 5.32 Å². The molecule has 1 N–H and O–H groups in total. The molecule has 4 rings (SSSR count). The van der Waals surface area contributed by atoms with Crippen LogP contribution in [0.4, 0.5) is 11.4 Å². The molecule has 0 aromatic heterocycles. The molecule has 8 heteroatoms. The number of hydrogen-bond donors (Lipinski definition) is 1. The molecule has 0 radical (unpaired) electrons. The summed E-state index contributed by atoms with van der Waals surface area (Å²) in [5.41, 5.74) is 1.89. The van der Waals surface area contributed by atoms with E-state index in [9.17, 15) is 14.4 Å². The normalized spacial score (nSPS) is 12.3. The summed E-state index contributed by atoms with van der Waals surface area (Å²) < 4.78 is 10.6. The first-order valence-electron chi connectivity index (χ1n) is 10.9. The average Bonchev–Trinajstić information content (AvgIpc) is 2.95. The lowest BCUT2D eigenvalue weighted by Gasteiger charge is -2.23. The van der Waals surface area contributed by atoms with Gasteiger partial charge in [0.05, 0.1) is 30.0 Å². The second-order valence-corrected chi connectivity index (χ2v) is 8.48. The Morgan fingerprint density at radius 1 is 0.941 bits per heavy atom. The first kappa shape index (κ1) is 23.4. The van der Waals surface area contributed by atoms with Gasteiger partial charge in [-0.3, -0.25) is 14.5 Å². The Morgan fingerprint density at radius 3 is 2.44 bits per heavy atom. The summed E-state index contributed by atoms with van der Waals surface area (Å²) in [4.78, 5) is 41.8. The number of fused-ring (bicyclic) bond motifs is 2. The highest BCUT2D eigenvalue weighted by molar-refractivity contribution is 7.99. The summed E-state index contributed by atoms with van der Waals surface area (Å²) in [5.74, 6) is -0.459. The smallest absolute Gasteiger partial charge is 0.338 e. The Balaban J connectivity index is 1.65. The predicted octanol–water partition coefficient (Wildman–Crippen LogP) is 5.01. The van der Waals surface area contributed by atoms with Crippen LogP contribution in [0.1, 0.15) is 34.6 Å². The third-order valence-electron chi connectivity index (χ3n) is 5.09. The molecule has 34 heavy (non-hydrogen) atoms. The molecule has 7 nitrogen and oxygen atoms in total. The van der Waals surface area contributed by atoms with E-state index in [1.807, 2.05) is 19.1 Å². The summed E-state index contributed by atoms with van der Waals surface area (Å²) in [6.07, 6.45) is 0. The van der Waals surface area contributed by atoms with Crippen LogP contribution in [0.2, 0.25) is 0 Å². The van der Waals surface area contributed by atoms with Crippen molar-refractivity contribution in [3.05, 3.63) is 77.9 Å². The van der Waals surface area contributed by atoms with E-state index < -0.39 is 5.97 Å². The van der Waals surface area contributed by atoms with Crippen LogP contribution in [0, 0.1) is 0 Å². The molecule has 3 aromatic rings. The molecule has 1 heterocycles. The molecule has 174 valence electrons. The van der Waals surface area contributed by atoms with Gasteiger partial charge in [0, 0.05) is 15.5 Å². The number of amides is 2. The molecule has 3 aromatic carbocycles. The molecule has 0 atom stereocenters. The highest BCUT2D eigenvalue weighted by Crippen LogP contribution is 2.41. The van der Waals surface area contributed by atoms with E-state index >= 15 is 0 Å². The minimum atomic E-state index is -0.483. The number of rotatable bonds is 7. The fourth-order valence-electron chi connectivity index (χ4n) is 3.56. The number of ether oxygens (including phenoxy) is 2. The number of esters is 1.